The number of benzene rings is 2. The third-order valence-corrected chi connectivity index (χ3v) is 13.4. The van der Waals surface area contributed by atoms with Crippen molar-refractivity contribution in [2.24, 2.45) is 16.7 Å². The van der Waals surface area contributed by atoms with E-state index in [2.05, 4.69) is 0 Å². The second-order valence-corrected chi connectivity index (χ2v) is 17.7. The zero-order chi connectivity index (χ0) is 44.8. The van der Waals surface area contributed by atoms with E-state index in [-0.39, 0.29) is 37.0 Å². The second-order valence-electron chi connectivity index (χ2n) is 17.7. The Morgan fingerprint density at radius 3 is 1.89 bits per heavy atom. The molecule has 3 fully saturated rings. The minimum Gasteiger partial charge on any atom is -0.462 e. The molecule has 11 atom stereocenters. The van der Waals surface area contributed by atoms with E-state index in [9.17, 15) is 33.9 Å². The average Bonchev–Trinajstić information content (AvgIpc) is 3.17. The summed E-state index contributed by atoms with van der Waals surface area (Å²) in [5, 5.41) is 13.8. The topological polar surface area (TPSA) is 190 Å². The standard InChI is InChI=1S/C46H57NO14/c1-25-33(59-36(52)21-32(47(9)10)30-17-13-11-14-18-30)23-46(54)41(58-28(4)50)39-44(8,34(56-26(2)48)22-35-45(39,24-55-35)61-29(5)51)40(57-27(3)49)38(37(25)43(46,6)7)60-42(53)31-19-15-12-16-20-31/h11-20,32-35,38-41,54H,21-24H2,1-10H3/t32?,33-,34-,35+,38+,39-,40+,41-,44+,45-,46+/m0/s1. The number of ether oxygens (including phenoxy) is 7. The number of fused-ring (bicyclic) bond motifs is 5. The van der Waals surface area contributed by atoms with Gasteiger partial charge < -0.3 is 43.2 Å². The van der Waals surface area contributed by atoms with Crippen LogP contribution in [0.3, 0.4) is 0 Å². The minimum atomic E-state index is -2.23. The fourth-order valence-corrected chi connectivity index (χ4v) is 10.6. The van der Waals surface area contributed by atoms with Crippen molar-refractivity contribution in [3.8, 4) is 0 Å². The number of carbonyl (C=O) groups excluding carboxylic acids is 6. The van der Waals surface area contributed by atoms with E-state index in [1.54, 1.807) is 58.0 Å². The van der Waals surface area contributed by atoms with Crippen molar-refractivity contribution >= 4 is 35.8 Å². The lowest BCUT2D eigenvalue weighted by molar-refractivity contribution is -0.366. The van der Waals surface area contributed by atoms with Crippen molar-refractivity contribution in [2.75, 3.05) is 20.7 Å². The molecule has 1 aliphatic heterocycles. The Morgan fingerprint density at radius 2 is 1.36 bits per heavy atom. The first-order valence-electron chi connectivity index (χ1n) is 20.5. The van der Waals surface area contributed by atoms with Gasteiger partial charge >= 0.3 is 35.8 Å². The van der Waals surface area contributed by atoms with Crippen molar-refractivity contribution in [1.29, 1.82) is 0 Å². The van der Waals surface area contributed by atoms with Crippen LogP contribution in [-0.4, -0.2) is 114 Å². The number of esters is 6. The van der Waals surface area contributed by atoms with Crippen LogP contribution in [0.2, 0.25) is 0 Å². The molecule has 15 heteroatoms. The van der Waals surface area contributed by atoms with Gasteiger partial charge in [-0.15, -0.1) is 0 Å². The lowest BCUT2D eigenvalue weighted by Gasteiger charge is -2.69. The third-order valence-electron chi connectivity index (χ3n) is 13.4. The van der Waals surface area contributed by atoms with Crippen LogP contribution < -0.4 is 0 Å². The van der Waals surface area contributed by atoms with E-state index < -0.39 is 106 Å². The van der Waals surface area contributed by atoms with Gasteiger partial charge in [0.2, 0.25) is 0 Å². The molecule has 15 nitrogen and oxygen atoms in total. The molecule has 3 aliphatic carbocycles. The van der Waals surface area contributed by atoms with Gasteiger partial charge in [-0.05, 0) is 49.9 Å². The molecule has 6 rings (SSSR count). The first kappa shape index (κ1) is 45.4. The summed E-state index contributed by atoms with van der Waals surface area (Å²) in [6.45, 7) is 11.1. The highest BCUT2D eigenvalue weighted by Crippen LogP contribution is 2.66. The lowest BCUT2D eigenvalue weighted by Crippen LogP contribution is -2.82. The van der Waals surface area contributed by atoms with Gasteiger partial charge in [-0.1, -0.05) is 69.3 Å². The SMILES string of the molecule is CC(=O)O[C@H]1C[C@H]2OC[C@@]2(OC(C)=O)[C@H]2[C@H](OC(C)=O)[C@]3(O)C[C@H](OC(=O)CC(c4ccccc4)N(C)C)C(C)=C([C@@H](OC(=O)c4ccccc4)[C@@H](OC(C)=O)[C@]12C)C3(C)C. The number of hydrogen-bond acceptors (Lipinski definition) is 15. The average molecular weight is 848 g/mol. The van der Waals surface area contributed by atoms with E-state index in [0.717, 1.165) is 12.5 Å². The molecule has 0 radical (unpaired) electrons. The van der Waals surface area contributed by atoms with Crippen molar-refractivity contribution < 1.29 is 67.0 Å². The summed E-state index contributed by atoms with van der Waals surface area (Å²) in [5.74, 6) is -5.92. The maximum Gasteiger partial charge on any atom is 0.338 e. The Bertz CT molecular complexity index is 2070. The summed E-state index contributed by atoms with van der Waals surface area (Å²) in [4.78, 5) is 83.6. The molecule has 2 aromatic rings. The molecule has 0 aromatic heterocycles. The smallest absolute Gasteiger partial charge is 0.338 e. The predicted molar refractivity (Wildman–Crippen MR) is 216 cm³/mol. The maximum atomic E-state index is 14.4. The van der Waals surface area contributed by atoms with Gasteiger partial charge in [0.25, 0.3) is 0 Å². The fraction of sp³-hybridized carbons (Fsp3) is 0.565. The highest BCUT2D eigenvalue weighted by Gasteiger charge is 2.79. The Kier molecular flexibility index (Phi) is 12.6. The fourth-order valence-electron chi connectivity index (χ4n) is 10.6. The summed E-state index contributed by atoms with van der Waals surface area (Å²) < 4.78 is 43.8. The zero-order valence-electron chi connectivity index (χ0n) is 36.4. The Labute approximate surface area is 356 Å². The molecular formula is C46H57NO14. The molecule has 1 unspecified atom stereocenters. The van der Waals surface area contributed by atoms with Crippen molar-refractivity contribution in [1.82, 2.24) is 4.90 Å². The van der Waals surface area contributed by atoms with Crippen LogP contribution >= 0.6 is 0 Å². The number of rotatable bonds is 11. The summed E-state index contributed by atoms with van der Waals surface area (Å²) in [7, 11) is 3.68. The predicted octanol–water partition coefficient (Wildman–Crippen LogP) is 4.83. The second kappa shape index (κ2) is 17.0. The third kappa shape index (κ3) is 8.07. The molecule has 2 aromatic carbocycles. The maximum absolute atomic E-state index is 14.4. The molecule has 1 N–H and O–H groups in total. The van der Waals surface area contributed by atoms with Gasteiger partial charge in [0, 0.05) is 52.0 Å². The number of hydrogen-bond donors (Lipinski definition) is 1. The first-order valence-corrected chi connectivity index (χ1v) is 20.5. The Morgan fingerprint density at radius 1 is 0.787 bits per heavy atom. The molecule has 4 aliphatic rings. The molecule has 0 spiro atoms. The van der Waals surface area contributed by atoms with Crippen LogP contribution in [0.1, 0.15) is 96.6 Å². The molecular weight excluding hydrogens is 790 g/mol. The normalized spacial score (nSPS) is 32.9. The van der Waals surface area contributed by atoms with E-state index in [0.29, 0.717) is 5.57 Å². The zero-order valence-corrected chi connectivity index (χ0v) is 36.4. The van der Waals surface area contributed by atoms with Crippen molar-refractivity contribution in [3.05, 3.63) is 82.9 Å². The van der Waals surface area contributed by atoms with Crippen LogP contribution in [0.25, 0.3) is 0 Å². The number of aliphatic hydroxyl groups is 1. The Balaban J connectivity index is 1.65. The Hall–Kier alpha value is -5.12. The van der Waals surface area contributed by atoms with Gasteiger partial charge in [-0.3, -0.25) is 24.0 Å². The van der Waals surface area contributed by atoms with E-state index in [1.807, 2.05) is 49.3 Å². The van der Waals surface area contributed by atoms with E-state index in [1.165, 1.54) is 20.8 Å². The molecule has 1 heterocycles. The summed E-state index contributed by atoms with van der Waals surface area (Å²) in [6, 6.07) is 17.1. The molecule has 330 valence electrons. The number of carbonyl (C=O) groups is 6. The monoisotopic (exact) mass is 847 g/mol. The van der Waals surface area contributed by atoms with Crippen molar-refractivity contribution in [3.63, 3.8) is 0 Å². The summed E-state index contributed by atoms with van der Waals surface area (Å²) >= 11 is 0. The molecule has 2 saturated carbocycles. The minimum absolute atomic E-state index is 0.0850. The molecule has 2 bridgehead atoms. The van der Waals surface area contributed by atoms with Crippen LogP contribution in [0, 0.1) is 16.7 Å². The highest BCUT2D eigenvalue weighted by molar-refractivity contribution is 5.89. The largest absolute Gasteiger partial charge is 0.462 e. The van der Waals surface area contributed by atoms with Crippen LogP contribution in [0.5, 0.6) is 0 Å². The summed E-state index contributed by atoms with van der Waals surface area (Å²) in [6.07, 6.45) is -8.74. The van der Waals surface area contributed by atoms with Gasteiger partial charge in [0.15, 0.2) is 17.8 Å². The highest BCUT2D eigenvalue weighted by atomic mass is 16.6. The van der Waals surface area contributed by atoms with Gasteiger partial charge in [0.05, 0.1) is 29.9 Å². The van der Waals surface area contributed by atoms with Crippen LogP contribution in [0.4, 0.5) is 0 Å². The van der Waals surface area contributed by atoms with E-state index >= 15 is 0 Å². The first-order chi connectivity index (χ1) is 28.6. The van der Waals surface area contributed by atoms with Crippen LogP contribution in [0.15, 0.2) is 71.8 Å². The summed E-state index contributed by atoms with van der Waals surface area (Å²) in [5.41, 5.74) is -5.61. The van der Waals surface area contributed by atoms with Crippen molar-refractivity contribution in [2.45, 2.75) is 129 Å². The quantitative estimate of drug-likeness (QED) is 0.184. The van der Waals surface area contributed by atoms with Gasteiger partial charge in [-0.2, -0.15) is 0 Å². The molecule has 0 amide bonds. The molecule has 61 heavy (non-hydrogen) atoms. The van der Waals surface area contributed by atoms with E-state index in [4.69, 9.17) is 33.2 Å². The lowest BCUT2D eigenvalue weighted by atomic mass is 9.44. The van der Waals surface area contributed by atoms with Gasteiger partial charge in [-0.25, -0.2) is 4.79 Å². The number of nitrogens with zero attached hydrogens (tertiary/aromatic N) is 1. The molecule has 1 saturated heterocycles. The van der Waals surface area contributed by atoms with Crippen LogP contribution in [-0.2, 0) is 57.1 Å². The van der Waals surface area contributed by atoms with Gasteiger partial charge in [0.1, 0.15) is 30.0 Å².